The number of benzene rings is 1. The lowest BCUT2D eigenvalue weighted by molar-refractivity contribution is 0.0221. The zero-order valence-electron chi connectivity index (χ0n) is 15.2. The summed E-state index contributed by atoms with van der Waals surface area (Å²) in [4.78, 5) is 26.3. The number of amides is 2. The topological polar surface area (TPSA) is 87.3 Å². The van der Waals surface area contributed by atoms with E-state index in [4.69, 9.17) is 27.9 Å². The van der Waals surface area contributed by atoms with Gasteiger partial charge >= 0.3 is 6.09 Å². The molecule has 0 saturated carbocycles. The van der Waals surface area contributed by atoms with Gasteiger partial charge in [-0.3, -0.25) is 9.89 Å². The zero-order valence-corrected chi connectivity index (χ0v) is 16.7. The lowest BCUT2D eigenvalue weighted by Gasteiger charge is -2.29. The molecule has 9 heteroatoms. The second-order valence-electron chi connectivity index (χ2n) is 7.26. The van der Waals surface area contributed by atoms with E-state index >= 15 is 0 Å². The van der Waals surface area contributed by atoms with Crippen LogP contribution in [0.15, 0.2) is 18.2 Å². The lowest BCUT2D eigenvalue weighted by Crippen LogP contribution is -2.39. The van der Waals surface area contributed by atoms with Gasteiger partial charge in [-0.15, -0.1) is 0 Å². The molecule has 0 unspecified atom stereocenters. The van der Waals surface area contributed by atoms with E-state index in [0.29, 0.717) is 35.4 Å². The van der Waals surface area contributed by atoms with E-state index in [2.05, 4.69) is 15.5 Å². The molecule has 0 saturated heterocycles. The number of aromatic amines is 1. The molecule has 0 bridgehead atoms. The summed E-state index contributed by atoms with van der Waals surface area (Å²) >= 11 is 12.0. The summed E-state index contributed by atoms with van der Waals surface area (Å²) in [7, 11) is 0. The molecule has 2 amide bonds. The predicted molar refractivity (Wildman–Crippen MR) is 103 cm³/mol. The van der Waals surface area contributed by atoms with Crippen LogP contribution in [0.1, 0.15) is 42.4 Å². The number of hydrogen-bond donors (Lipinski definition) is 2. The number of carbonyl (C=O) groups is 2. The molecule has 2 N–H and O–H groups in total. The van der Waals surface area contributed by atoms with E-state index in [0.717, 1.165) is 11.3 Å². The Morgan fingerprint density at radius 2 is 2.04 bits per heavy atom. The normalized spacial score (nSPS) is 13.9. The number of rotatable bonds is 2. The fourth-order valence-electron chi connectivity index (χ4n) is 2.75. The quantitative estimate of drug-likeness (QED) is 0.773. The number of hydrogen-bond acceptors (Lipinski definition) is 4. The Labute approximate surface area is 167 Å². The van der Waals surface area contributed by atoms with Crippen LogP contribution >= 0.6 is 23.2 Å². The lowest BCUT2D eigenvalue weighted by atomic mass is 10.1. The maximum Gasteiger partial charge on any atom is 0.410 e. The van der Waals surface area contributed by atoms with Crippen molar-refractivity contribution in [3.8, 4) is 0 Å². The maximum absolute atomic E-state index is 12.5. The van der Waals surface area contributed by atoms with Crippen molar-refractivity contribution in [1.82, 2.24) is 15.1 Å². The molecule has 1 aliphatic heterocycles. The van der Waals surface area contributed by atoms with Gasteiger partial charge in [0.05, 0.1) is 22.8 Å². The minimum atomic E-state index is -0.555. The summed E-state index contributed by atoms with van der Waals surface area (Å²) in [6.45, 7) is 6.29. The molecule has 0 spiro atoms. The van der Waals surface area contributed by atoms with E-state index < -0.39 is 11.5 Å². The first-order chi connectivity index (χ1) is 12.6. The molecular weight excluding hydrogens is 391 g/mol. The zero-order chi connectivity index (χ0) is 19.8. The molecule has 0 aliphatic carbocycles. The van der Waals surface area contributed by atoms with Gasteiger partial charge in [0.25, 0.3) is 5.91 Å². The minimum Gasteiger partial charge on any atom is -0.444 e. The molecule has 1 aromatic heterocycles. The van der Waals surface area contributed by atoms with Crippen LogP contribution in [0.3, 0.4) is 0 Å². The van der Waals surface area contributed by atoms with Gasteiger partial charge in [-0.05, 0) is 45.4 Å². The van der Waals surface area contributed by atoms with Gasteiger partial charge in [-0.2, -0.15) is 5.10 Å². The Hall–Kier alpha value is -2.25. The second-order valence-corrected chi connectivity index (χ2v) is 8.10. The molecule has 27 heavy (non-hydrogen) atoms. The van der Waals surface area contributed by atoms with Crippen LogP contribution < -0.4 is 5.32 Å². The predicted octanol–water partition coefficient (Wildman–Crippen LogP) is 4.26. The maximum atomic E-state index is 12.5. The van der Waals surface area contributed by atoms with Crippen molar-refractivity contribution in [2.24, 2.45) is 0 Å². The molecule has 7 nitrogen and oxygen atoms in total. The van der Waals surface area contributed by atoms with Crippen molar-refractivity contribution < 1.29 is 14.3 Å². The van der Waals surface area contributed by atoms with Gasteiger partial charge in [0.2, 0.25) is 0 Å². The van der Waals surface area contributed by atoms with Crippen LogP contribution in [-0.4, -0.2) is 39.2 Å². The summed E-state index contributed by atoms with van der Waals surface area (Å²) in [5.74, 6) is 0.0289. The molecular formula is C18H20Cl2N4O3. The number of carbonyl (C=O) groups excluding carboxylic acids is 2. The summed E-state index contributed by atoms with van der Waals surface area (Å²) < 4.78 is 5.40. The van der Waals surface area contributed by atoms with Crippen LogP contribution in [0, 0.1) is 0 Å². The number of ether oxygens (including phenoxy) is 1. The highest BCUT2D eigenvalue weighted by Gasteiger charge is 2.29. The number of nitrogens with one attached hydrogen (secondary N) is 2. The van der Waals surface area contributed by atoms with Crippen LogP contribution in [0.2, 0.25) is 10.0 Å². The highest BCUT2D eigenvalue weighted by Crippen LogP contribution is 2.27. The van der Waals surface area contributed by atoms with E-state index in [1.54, 1.807) is 17.0 Å². The van der Waals surface area contributed by atoms with Crippen molar-refractivity contribution in [2.75, 3.05) is 11.9 Å². The molecule has 0 fully saturated rings. The monoisotopic (exact) mass is 410 g/mol. The summed E-state index contributed by atoms with van der Waals surface area (Å²) in [6.07, 6.45) is 0.170. The van der Waals surface area contributed by atoms with E-state index in [1.807, 2.05) is 20.8 Å². The Balaban J connectivity index is 1.72. The first-order valence-corrected chi connectivity index (χ1v) is 9.20. The highest BCUT2D eigenvalue weighted by molar-refractivity contribution is 6.36. The Morgan fingerprint density at radius 1 is 1.30 bits per heavy atom. The van der Waals surface area contributed by atoms with E-state index in [1.165, 1.54) is 6.07 Å². The number of anilines is 1. The Morgan fingerprint density at radius 3 is 2.74 bits per heavy atom. The molecule has 144 valence electrons. The molecule has 0 radical (unpaired) electrons. The van der Waals surface area contributed by atoms with Crippen LogP contribution in [0.5, 0.6) is 0 Å². The van der Waals surface area contributed by atoms with Gasteiger partial charge in [0, 0.05) is 17.1 Å². The van der Waals surface area contributed by atoms with E-state index in [9.17, 15) is 9.59 Å². The Bertz CT molecular complexity index is 889. The summed E-state index contributed by atoms with van der Waals surface area (Å²) in [5, 5.41) is 10.5. The average Bonchev–Trinajstić information content (AvgIpc) is 2.97. The van der Waals surface area contributed by atoms with Gasteiger partial charge < -0.3 is 15.0 Å². The average molecular weight is 411 g/mol. The van der Waals surface area contributed by atoms with E-state index in [-0.39, 0.29) is 11.7 Å². The van der Waals surface area contributed by atoms with Crippen molar-refractivity contribution in [3.05, 3.63) is 45.1 Å². The minimum absolute atomic E-state index is 0.270. The number of H-pyrrole nitrogens is 1. The van der Waals surface area contributed by atoms with Crippen molar-refractivity contribution in [3.63, 3.8) is 0 Å². The van der Waals surface area contributed by atoms with Gasteiger partial charge in [-0.25, -0.2) is 4.79 Å². The van der Waals surface area contributed by atoms with Gasteiger partial charge in [0.15, 0.2) is 5.82 Å². The van der Waals surface area contributed by atoms with Crippen molar-refractivity contribution in [1.29, 1.82) is 0 Å². The molecule has 1 aliphatic rings. The Kier molecular flexibility index (Phi) is 5.35. The summed E-state index contributed by atoms with van der Waals surface area (Å²) in [5.41, 5.74) is 1.34. The molecule has 1 aromatic carbocycles. The van der Waals surface area contributed by atoms with Gasteiger partial charge in [0.1, 0.15) is 5.60 Å². The number of nitrogens with zero attached hydrogens (tertiary/aromatic N) is 2. The van der Waals surface area contributed by atoms with Crippen LogP contribution in [0.25, 0.3) is 0 Å². The van der Waals surface area contributed by atoms with Crippen LogP contribution in [-0.2, 0) is 17.7 Å². The SMILES string of the molecule is CC(C)(C)OC(=O)N1CCc2c(NC(=O)c3cc(Cl)ccc3Cl)n[nH]c2C1. The number of halogens is 2. The standard InChI is InChI=1S/C18H20Cl2N4O3/c1-18(2,3)27-17(26)24-7-6-11-14(9-24)22-23-15(11)21-16(25)12-8-10(19)4-5-13(12)20/h4-5,8H,6-7,9H2,1-3H3,(H2,21,22,23,25). The first kappa shape index (κ1) is 19.5. The van der Waals surface area contributed by atoms with Crippen LogP contribution in [0.4, 0.5) is 10.6 Å². The molecule has 2 heterocycles. The van der Waals surface area contributed by atoms with Gasteiger partial charge in [-0.1, -0.05) is 23.2 Å². The fourth-order valence-corrected chi connectivity index (χ4v) is 3.13. The number of fused-ring (bicyclic) bond motifs is 1. The third-order valence-corrected chi connectivity index (χ3v) is 4.55. The third kappa shape index (κ3) is 4.54. The fraction of sp³-hybridized carbons (Fsp3) is 0.389. The smallest absolute Gasteiger partial charge is 0.410 e. The molecule has 0 atom stereocenters. The first-order valence-electron chi connectivity index (χ1n) is 8.44. The third-order valence-electron chi connectivity index (χ3n) is 3.99. The highest BCUT2D eigenvalue weighted by atomic mass is 35.5. The largest absolute Gasteiger partial charge is 0.444 e. The molecule has 3 rings (SSSR count). The molecule has 2 aromatic rings. The van der Waals surface area contributed by atoms with Crippen molar-refractivity contribution in [2.45, 2.75) is 39.3 Å². The summed E-state index contributed by atoms with van der Waals surface area (Å²) in [6, 6.07) is 4.68. The second kappa shape index (κ2) is 7.40. The number of aromatic nitrogens is 2. The van der Waals surface area contributed by atoms with Crippen molar-refractivity contribution >= 4 is 41.0 Å².